The van der Waals surface area contributed by atoms with Crippen LogP contribution < -0.4 is 5.32 Å². The smallest absolute Gasteiger partial charge is 0.290 e. The maximum absolute atomic E-state index is 9.70. The van der Waals surface area contributed by atoms with Crippen molar-refractivity contribution in [2.24, 2.45) is 4.99 Å². The van der Waals surface area contributed by atoms with Crippen molar-refractivity contribution in [3.8, 4) is 0 Å². The molecule has 1 heterocycles. The van der Waals surface area contributed by atoms with E-state index in [2.05, 4.69) is 10.3 Å². The van der Waals surface area contributed by atoms with Crippen molar-refractivity contribution < 1.29 is 20.1 Å². The summed E-state index contributed by atoms with van der Waals surface area (Å²) in [6.07, 6.45) is -4.12. The molecule has 1 aromatic carbocycles. The molecule has 0 spiro atoms. The highest BCUT2D eigenvalue weighted by Crippen LogP contribution is 2.31. The average Bonchev–Trinajstić information content (AvgIpc) is 2.88. The molecule has 1 aliphatic heterocycles. The molecule has 6 heteroatoms. The largest absolute Gasteiger partial charge is 0.456 e. The molecule has 2 unspecified atom stereocenters. The summed E-state index contributed by atoms with van der Waals surface area (Å²) in [6.45, 7) is 0. The predicted octanol–water partition coefficient (Wildman–Crippen LogP) is -0.682. The van der Waals surface area contributed by atoms with Crippen LogP contribution in [0.1, 0.15) is 0 Å². The average molecular weight is 250 g/mol. The monoisotopic (exact) mass is 250 g/mol. The lowest BCUT2D eigenvalue weighted by atomic mass is 10.2. The minimum absolute atomic E-state index is 0.251. The van der Waals surface area contributed by atoms with E-state index >= 15 is 0 Å². The van der Waals surface area contributed by atoms with Gasteiger partial charge < -0.3 is 25.4 Å². The number of hydrogen-bond acceptors (Lipinski definition) is 6. The fourth-order valence-electron chi connectivity index (χ4n) is 2.29. The van der Waals surface area contributed by atoms with E-state index < -0.39 is 30.5 Å². The molecule has 0 bridgehead atoms. The van der Waals surface area contributed by atoms with Crippen molar-refractivity contribution in [3.05, 3.63) is 30.3 Å². The number of aliphatic hydroxyl groups is 3. The van der Waals surface area contributed by atoms with Gasteiger partial charge in [0.15, 0.2) is 6.10 Å². The Morgan fingerprint density at radius 3 is 2.39 bits per heavy atom. The van der Waals surface area contributed by atoms with Gasteiger partial charge in [0.2, 0.25) is 0 Å². The third-order valence-corrected chi connectivity index (χ3v) is 3.26. The van der Waals surface area contributed by atoms with Crippen molar-refractivity contribution in [3.63, 3.8) is 0 Å². The predicted molar refractivity (Wildman–Crippen MR) is 64.2 cm³/mol. The van der Waals surface area contributed by atoms with E-state index in [0.29, 0.717) is 0 Å². The first-order valence-corrected chi connectivity index (χ1v) is 5.77. The van der Waals surface area contributed by atoms with Gasteiger partial charge in [-0.3, -0.25) is 0 Å². The fourth-order valence-corrected chi connectivity index (χ4v) is 2.29. The molecular weight excluding hydrogens is 236 g/mol. The van der Waals surface area contributed by atoms with Gasteiger partial charge in [0, 0.05) is 5.69 Å². The summed E-state index contributed by atoms with van der Waals surface area (Å²) in [7, 11) is 0. The zero-order chi connectivity index (χ0) is 12.7. The Labute approximate surface area is 104 Å². The lowest BCUT2D eigenvalue weighted by molar-refractivity contribution is -0.0393. The first-order valence-electron chi connectivity index (χ1n) is 5.77. The van der Waals surface area contributed by atoms with Crippen LogP contribution in [0.4, 0.5) is 5.69 Å². The lowest BCUT2D eigenvalue weighted by Crippen LogP contribution is -2.34. The highest BCUT2D eigenvalue weighted by molar-refractivity contribution is 5.90. The highest BCUT2D eigenvalue weighted by Gasteiger charge is 2.54. The molecule has 0 saturated heterocycles. The van der Waals surface area contributed by atoms with E-state index in [4.69, 9.17) is 4.74 Å². The fraction of sp³-hybridized carbons (Fsp3) is 0.417. The van der Waals surface area contributed by atoms with Crippen LogP contribution in [-0.2, 0) is 4.74 Å². The van der Waals surface area contributed by atoms with Crippen LogP contribution in [0.25, 0.3) is 0 Å². The Morgan fingerprint density at radius 2 is 1.72 bits per heavy atom. The summed E-state index contributed by atoms with van der Waals surface area (Å²) in [5.74, 6) is 0. The summed E-state index contributed by atoms with van der Waals surface area (Å²) in [5, 5.41) is 31.8. The number of anilines is 1. The lowest BCUT2D eigenvalue weighted by Gasteiger charge is -2.15. The molecule has 1 aliphatic carbocycles. The summed E-state index contributed by atoms with van der Waals surface area (Å²) in [4.78, 5) is 4.14. The van der Waals surface area contributed by atoms with Crippen molar-refractivity contribution in [1.82, 2.24) is 0 Å². The number of fused-ring (bicyclic) bond motifs is 1. The van der Waals surface area contributed by atoms with E-state index in [1.807, 2.05) is 30.3 Å². The van der Waals surface area contributed by atoms with Crippen molar-refractivity contribution in [1.29, 1.82) is 0 Å². The van der Waals surface area contributed by atoms with Gasteiger partial charge in [-0.05, 0) is 12.1 Å². The number of rotatable bonds is 1. The normalized spacial score (nSPS) is 37.9. The first kappa shape index (κ1) is 11.5. The molecule has 0 aromatic heterocycles. The van der Waals surface area contributed by atoms with Crippen LogP contribution in [0, 0.1) is 0 Å². The number of nitrogens with one attached hydrogen (secondary N) is 1. The third-order valence-electron chi connectivity index (χ3n) is 3.26. The molecule has 1 saturated carbocycles. The summed E-state index contributed by atoms with van der Waals surface area (Å²) in [6, 6.07) is 8.95. The Kier molecular flexibility index (Phi) is 2.70. The molecular formula is C12H14N2O4. The molecule has 4 N–H and O–H groups in total. The number of aliphatic hydroxyl groups excluding tert-OH is 3. The van der Waals surface area contributed by atoms with E-state index in [0.717, 1.165) is 5.69 Å². The summed E-state index contributed by atoms with van der Waals surface area (Å²) < 4.78 is 5.41. The van der Waals surface area contributed by atoms with E-state index in [1.165, 1.54) is 0 Å². The van der Waals surface area contributed by atoms with Gasteiger partial charge in [-0.1, -0.05) is 18.2 Å². The first-order chi connectivity index (χ1) is 8.66. The van der Waals surface area contributed by atoms with Crippen LogP contribution in [0.5, 0.6) is 0 Å². The standard InChI is InChI=1S/C12H14N2O4/c15-8-7-11(10(17)9(8)16)18-12(14-7)13-6-4-2-1-3-5-6/h1-5,7-11,15-17H,(H,13,14)/t7?,8-,9+,10+,11?/m1/s1. The molecule has 96 valence electrons. The Hall–Kier alpha value is -1.63. The molecule has 0 radical (unpaired) electrons. The van der Waals surface area contributed by atoms with Crippen LogP contribution in [0.15, 0.2) is 35.3 Å². The Bertz CT molecular complexity index is 464. The molecule has 1 aromatic rings. The van der Waals surface area contributed by atoms with E-state index in [9.17, 15) is 15.3 Å². The van der Waals surface area contributed by atoms with Gasteiger partial charge in [-0.15, -0.1) is 0 Å². The SMILES string of the molecule is O[C@H]1[C@H](O)C2N=C(Nc3ccccc3)OC2[C@H]1O. The van der Waals surface area contributed by atoms with Crippen molar-refractivity contribution in [2.45, 2.75) is 30.5 Å². The number of ether oxygens (including phenoxy) is 1. The Morgan fingerprint density at radius 1 is 1.00 bits per heavy atom. The van der Waals surface area contributed by atoms with Gasteiger partial charge >= 0.3 is 0 Å². The maximum atomic E-state index is 9.70. The number of nitrogens with zero attached hydrogens (tertiary/aromatic N) is 1. The highest BCUT2D eigenvalue weighted by atomic mass is 16.5. The Balaban J connectivity index is 1.75. The molecule has 6 nitrogen and oxygen atoms in total. The van der Waals surface area contributed by atoms with E-state index in [1.54, 1.807) is 0 Å². The van der Waals surface area contributed by atoms with Gasteiger partial charge in [0.25, 0.3) is 6.02 Å². The summed E-state index contributed by atoms with van der Waals surface area (Å²) in [5.41, 5.74) is 0.806. The number of hydrogen-bond donors (Lipinski definition) is 4. The number of aliphatic imine (C=N–C) groups is 1. The molecule has 1 fully saturated rings. The van der Waals surface area contributed by atoms with Crippen molar-refractivity contribution in [2.75, 3.05) is 5.32 Å². The second kappa shape index (κ2) is 4.24. The van der Waals surface area contributed by atoms with Crippen LogP contribution in [-0.4, -0.2) is 51.8 Å². The zero-order valence-electron chi connectivity index (χ0n) is 9.47. The van der Waals surface area contributed by atoms with Gasteiger partial charge in [-0.2, -0.15) is 0 Å². The van der Waals surface area contributed by atoms with Gasteiger partial charge in [0.1, 0.15) is 24.4 Å². The summed E-state index contributed by atoms with van der Waals surface area (Å²) >= 11 is 0. The molecule has 3 rings (SSSR count). The second-order valence-corrected chi connectivity index (χ2v) is 4.47. The minimum Gasteiger partial charge on any atom is -0.456 e. The van der Waals surface area contributed by atoms with Crippen molar-refractivity contribution >= 4 is 11.7 Å². The molecule has 2 aliphatic rings. The van der Waals surface area contributed by atoms with Crippen LogP contribution >= 0.6 is 0 Å². The number of amidine groups is 1. The molecule has 0 amide bonds. The number of para-hydroxylation sites is 1. The minimum atomic E-state index is -1.21. The quantitative estimate of drug-likeness (QED) is 0.530. The molecule has 5 atom stereocenters. The van der Waals surface area contributed by atoms with Crippen LogP contribution in [0.2, 0.25) is 0 Å². The maximum Gasteiger partial charge on any atom is 0.290 e. The second-order valence-electron chi connectivity index (χ2n) is 4.47. The van der Waals surface area contributed by atoms with Gasteiger partial charge in [-0.25, -0.2) is 4.99 Å². The molecule has 18 heavy (non-hydrogen) atoms. The number of benzene rings is 1. The topological polar surface area (TPSA) is 94.3 Å². The van der Waals surface area contributed by atoms with Gasteiger partial charge in [0.05, 0.1) is 0 Å². The zero-order valence-corrected chi connectivity index (χ0v) is 9.47. The van der Waals surface area contributed by atoms with E-state index in [-0.39, 0.29) is 6.02 Å². The third kappa shape index (κ3) is 1.74. The van der Waals surface area contributed by atoms with Crippen LogP contribution in [0.3, 0.4) is 0 Å².